The van der Waals surface area contributed by atoms with Gasteiger partial charge in [0.2, 0.25) is 0 Å². The summed E-state index contributed by atoms with van der Waals surface area (Å²) in [4.78, 5) is 0. The van der Waals surface area contributed by atoms with E-state index in [0.29, 0.717) is 41.3 Å². The molecular weight excluding hydrogens is 351 g/mol. The van der Waals surface area contributed by atoms with Crippen LogP contribution in [0.1, 0.15) is 36.8 Å². The molecule has 5 heteroatoms. The lowest BCUT2D eigenvalue weighted by Crippen LogP contribution is -2.34. The Labute approximate surface area is 157 Å². The molecule has 4 atom stereocenters. The minimum atomic E-state index is 0.332. The average molecular weight is 377 g/mol. The zero-order valence-corrected chi connectivity index (χ0v) is 16.6. The summed E-state index contributed by atoms with van der Waals surface area (Å²) in [6.45, 7) is 3.62. The molecule has 3 nitrogen and oxygen atoms in total. The van der Waals surface area contributed by atoms with Crippen LogP contribution < -0.4 is 5.32 Å². The Kier molecular flexibility index (Phi) is 5.03. The first-order valence-electron chi connectivity index (χ1n) is 9.22. The summed E-state index contributed by atoms with van der Waals surface area (Å²) < 4.78 is 6.33. The van der Waals surface area contributed by atoms with Gasteiger partial charge in [-0.25, -0.2) is 0 Å². The Morgan fingerprint density at radius 3 is 2.76 bits per heavy atom. The van der Waals surface area contributed by atoms with Crippen LogP contribution in [0.25, 0.3) is 0 Å². The van der Waals surface area contributed by atoms with Crippen LogP contribution in [0, 0.1) is 24.2 Å². The van der Waals surface area contributed by atoms with Crippen molar-refractivity contribution < 1.29 is 4.74 Å². The highest BCUT2D eigenvalue weighted by Crippen LogP contribution is 2.43. The molecule has 1 aliphatic heterocycles. The van der Waals surface area contributed by atoms with Crippen LogP contribution in [0.15, 0.2) is 29.1 Å². The fraction of sp³-hybridized carbons (Fsp3) is 0.550. The Balaban J connectivity index is 1.56. The van der Waals surface area contributed by atoms with E-state index in [9.17, 15) is 0 Å². The third kappa shape index (κ3) is 3.57. The average Bonchev–Trinajstić information content (AvgIpc) is 3.23. The lowest BCUT2D eigenvalue weighted by Gasteiger charge is -2.25. The maximum atomic E-state index is 8.85. The van der Waals surface area contributed by atoms with Crippen molar-refractivity contribution >= 4 is 26.6 Å². The van der Waals surface area contributed by atoms with Crippen molar-refractivity contribution in [3.63, 3.8) is 0 Å². The summed E-state index contributed by atoms with van der Waals surface area (Å²) in [6, 6.07) is 6.47. The number of hydrogen-bond donors (Lipinski definition) is 2. The summed E-state index contributed by atoms with van der Waals surface area (Å²) in [5.41, 5.74) is 3.44. The molecule has 25 heavy (non-hydrogen) atoms. The van der Waals surface area contributed by atoms with Crippen molar-refractivity contribution in [3.8, 4) is 0 Å². The van der Waals surface area contributed by atoms with E-state index in [1.54, 1.807) is 0 Å². The summed E-state index contributed by atoms with van der Waals surface area (Å²) in [7, 11) is 2.89. The van der Waals surface area contributed by atoms with Crippen molar-refractivity contribution in [2.24, 2.45) is 11.8 Å². The van der Waals surface area contributed by atoms with E-state index in [0.717, 1.165) is 29.7 Å². The molecule has 1 saturated heterocycles. The Morgan fingerprint density at radius 1 is 1.36 bits per heavy atom. The third-order valence-electron chi connectivity index (χ3n) is 5.88. The Hall–Kier alpha value is -0.730. The standard InChI is InChI=1S/C20H26ClN2OP/c1-11-3-2-4-16(21)18(11)19(22)15(20(25)12-5-6-12)10-24-17-8-14-7-13(17)9-23-14/h2-4,12-14,17,22-23H,5-10,25H2,1H3/b20-15-,22-19?/t13-,14-,17+/m0/s1. The van der Waals surface area contributed by atoms with Crippen LogP contribution in [0.3, 0.4) is 0 Å². The van der Waals surface area contributed by atoms with E-state index in [1.165, 1.54) is 24.6 Å². The second-order valence-electron chi connectivity index (χ2n) is 7.70. The molecule has 4 rings (SSSR count). The molecule has 2 saturated carbocycles. The monoisotopic (exact) mass is 376 g/mol. The molecule has 1 aromatic rings. The van der Waals surface area contributed by atoms with Gasteiger partial charge in [0, 0.05) is 23.7 Å². The Morgan fingerprint density at radius 2 is 2.16 bits per heavy atom. The highest BCUT2D eigenvalue weighted by molar-refractivity contribution is 7.22. The number of piperidine rings is 1. The molecule has 3 aliphatic rings. The molecule has 134 valence electrons. The van der Waals surface area contributed by atoms with Crippen molar-refractivity contribution in [2.45, 2.75) is 44.8 Å². The second kappa shape index (κ2) is 7.12. The molecule has 2 N–H and O–H groups in total. The lowest BCUT2D eigenvalue weighted by atomic mass is 9.97. The van der Waals surface area contributed by atoms with Crippen LogP contribution >= 0.6 is 20.8 Å². The van der Waals surface area contributed by atoms with Crippen LogP contribution in [-0.2, 0) is 4.74 Å². The largest absolute Gasteiger partial charge is 0.373 e. The van der Waals surface area contributed by atoms with Crippen molar-refractivity contribution in [1.29, 1.82) is 5.41 Å². The SMILES string of the molecule is Cc1cccc(Cl)c1C(=N)/C(CO[C@@H]1C[C@@H]2C[C@H]1CN2)=C(\P)C1CC1. The molecular formula is C20H26ClN2OP. The van der Waals surface area contributed by atoms with Gasteiger partial charge in [-0.05, 0) is 61.4 Å². The second-order valence-corrected chi connectivity index (χ2v) is 8.73. The van der Waals surface area contributed by atoms with Gasteiger partial charge in [0.1, 0.15) is 0 Å². The molecule has 2 aliphatic carbocycles. The van der Waals surface area contributed by atoms with Gasteiger partial charge < -0.3 is 10.1 Å². The quantitative estimate of drug-likeness (QED) is 0.573. The van der Waals surface area contributed by atoms with Crippen molar-refractivity contribution in [3.05, 3.63) is 45.2 Å². The topological polar surface area (TPSA) is 45.1 Å². The molecule has 0 aromatic heterocycles. The van der Waals surface area contributed by atoms with Gasteiger partial charge in [-0.15, -0.1) is 9.24 Å². The summed E-state index contributed by atoms with van der Waals surface area (Å²) >= 11 is 6.43. The minimum Gasteiger partial charge on any atom is -0.373 e. The number of nitrogens with one attached hydrogen (secondary N) is 2. The van der Waals surface area contributed by atoms with E-state index in [1.807, 2.05) is 25.1 Å². The number of rotatable bonds is 6. The van der Waals surface area contributed by atoms with E-state index >= 15 is 0 Å². The molecule has 0 radical (unpaired) electrons. The first kappa shape index (κ1) is 17.7. The van der Waals surface area contributed by atoms with Gasteiger partial charge in [0.25, 0.3) is 0 Å². The zero-order valence-electron chi connectivity index (χ0n) is 14.6. The highest BCUT2D eigenvalue weighted by atomic mass is 35.5. The van der Waals surface area contributed by atoms with Gasteiger partial charge in [-0.3, -0.25) is 5.41 Å². The summed E-state index contributed by atoms with van der Waals surface area (Å²) in [5, 5.41) is 14.3. The number of aryl methyl sites for hydroxylation is 1. The molecule has 1 unspecified atom stereocenters. The molecule has 1 heterocycles. The van der Waals surface area contributed by atoms with Gasteiger partial charge in [-0.1, -0.05) is 23.7 Å². The number of fused-ring (bicyclic) bond motifs is 2. The van der Waals surface area contributed by atoms with Gasteiger partial charge in [-0.2, -0.15) is 0 Å². The number of ether oxygens (including phenoxy) is 1. The molecule has 2 bridgehead atoms. The zero-order chi connectivity index (χ0) is 17.6. The number of benzene rings is 1. The highest BCUT2D eigenvalue weighted by Gasteiger charge is 2.40. The van der Waals surface area contributed by atoms with E-state index in [2.05, 4.69) is 14.6 Å². The number of allylic oxidation sites excluding steroid dienone is 1. The van der Waals surface area contributed by atoms with E-state index in [4.69, 9.17) is 21.7 Å². The summed E-state index contributed by atoms with van der Waals surface area (Å²) in [6.07, 6.45) is 5.11. The van der Waals surface area contributed by atoms with Crippen LogP contribution in [0.4, 0.5) is 0 Å². The normalized spacial score (nSPS) is 29.0. The number of halogens is 1. The molecule has 0 amide bonds. The predicted molar refractivity (Wildman–Crippen MR) is 107 cm³/mol. The third-order valence-corrected chi connectivity index (χ3v) is 7.01. The van der Waals surface area contributed by atoms with Crippen LogP contribution in [0.2, 0.25) is 5.02 Å². The molecule has 0 spiro atoms. The maximum Gasteiger partial charge on any atom is 0.0744 e. The molecule has 3 fully saturated rings. The Bertz CT molecular complexity index is 708. The first-order chi connectivity index (χ1) is 12.0. The van der Waals surface area contributed by atoms with E-state index in [-0.39, 0.29) is 0 Å². The fourth-order valence-corrected chi connectivity index (χ4v) is 5.10. The van der Waals surface area contributed by atoms with Crippen LogP contribution in [0.5, 0.6) is 0 Å². The van der Waals surface area contributed by atoms with Crippen LogP contribution in [-0.4, -0.2) is 31.0 Å². The maximum absolute atomic E-state index is 8.85. The van der Waals surface area contributed by atoms with Gasteiger partial charge >= 0.3 is 0 Å². The minimum absolute atomic E-state index is 0.332. The van der Waals surface area contributed by atoms with E-state index < -0.39 is 0 Å². The first-order valence-corrected chi connectivity index (χ1v) is 10.2. The lowest BCUT2D eigenvalue weighted by molar-refractivity contribution is 0.0366. The number of hydrogen-bond acceptors (Lipinski definition) is 3. The van der Waals surface area contributed by atoms with Gasteiger partial charge in [0.05, 0.1) is 23.4 Å². The fourth-order valence-electron chi connectivity index (χ4n) is 4.22. The van der Waals surface area contributed by atoms with Crippen molar-refractivity contribution in [2.75, 3.05) is 13.2 Å². The van der Waals surface area contributed by atoms with Gasteiger partial charge in [0.15, 0.2) is 0 Å². The van der Waals surface area contributed by atoms with Crippen molar-refractivity contribution in [1.82, 2.24) is 5.32 Å². The predicted octanol–water partition coefficient (Wildman–Crippen LogP) is 4.32. The molecule has 1 aromatic carbocycles. The summed E-state index contributed by atoms with van der Waals surface area (Å²) in [5.74, 6) is 1.23. The smallest absolute Gasteiger partial charge is 0.0744 e.